The van der Waals surface area contributed by atoms with E-state index in [0.717, 1.165) is 11.3 Å². The van der Waals surface area contributed by atoms with Gasteiger partial charge in [0, 0.05) is 27.7 Å². The number of aromatic nitrogens is 6. The summed E-state index contributed by atoms with van der Waals surface area (Å²) in [6.45, 7) is 1.85. The lowest BCUT2D eigenvalue weighted by atomic mass is 10.2. The van der Waals surface area contributed by atoms with Crippen molar-refractivity contribution in [1.82, 2.24) is 29.8 Å². The first-order chi connectivity index (χ1) is 13.5. The number of fused-ring (bicyclic) bond motifs is 1. The first-order valence-corrected chi connectivity index (χ1v) is 10.5. The maximum atomic E-state index is 12.4. The van der Waals surface area contributed by atoms with E-state index in [1.807, 2.05) is 6.92 Å². The highest BCUT2D eigenvalue weighted by Crippen LogP contribution is 2.33. The van der Waals surface area contributed by atoms with Gasteiger partial charge >= 0.3 is 0 Å². The van der Waals surface area contributed by atoms with Gasteiger partial charge in [-0.2, -0.15) is 4.98 Å². The van der Waals surface area contributed by atoms with Crippen LogP contribution in [0.3, 0.4) is 0 Å². The topological polar surface area (TPSA) is 98.0 Å². The number of hydrogen-bond donors (Lipinski definition) is 1. The third-order valence-electron chi connectivity index (χ3n) is 3.66. The number of carbonyl (C=O) groups excluding carboxylic acids is 1. The molecule has 0 bridgehead atoms. The molecule has 0 atom stereocenters. The van der Waals surface area contributed by atoms with Crippen molar-refractivity contribution in [2.75, 3.05) is 5.32 Å². The van der Waals surface area contributed by atoms with Gasteiger partial charge in [0.05, 0.1) is 0 Å². The van der Waals surface area contributed by atoms with E-state index < -0.39 is 5.91 Å². The fraction of sp³-hybridized carbons (Fsp3) is 0.125. The smallest absolute Gasteiger partial charge is 0.294 e. The predicted molar refractivity (Wildman–Crippen MR) is 109 cm³/mol. The number of aryl methyl sites for hydroxylation is 1. The quantitative estimate of drug-likeness (QED) is 0.359. The van der Waals surface area contributed by atoms with E-state index in [-0.39, 0.29) is 5.82 Å². The molecule has 0 unspecified atom stereocenters. The van der Waals surface area contributed by atoms with E-state index in [2.05, 4.69) is 30.6 Å². The van der Waals surface area contributed by atoms with Crippen molar-refractivity contribution in [2.24, 2.45) is 0 Å². The highest BCUT2D eigenvalue weighted by molar-refractivity contribution is 8.00. The maximum Gasteiger partial charge on any atom is 0.297 e. The van der Waals surface area contributed by atoms with Crippen molar-refractivity contribution in [3.63, 3.8) is 0 Å². The van der Waals surface area contributed by atoms with Crippen LogP contribution in [-0.2, 0) is 5.75 Å². The van der Waals surface area contributed by atoms with E-state index >= 15 is 0 Å². The Labute approximate surface area is 177 Å². The average Bonchev–Trinajstić information content (AvgIpc) is 3.29. The van der Waals surface area contributed by atoms with Crippen LogP contribution < -0.4 is 5.32 Å². The zero-order valence-electron chi connectivity index (χ0n) is 14.3. The molecule has 4 aromatic rings. The molecule has 0 fully saturated rings. The number of thioether (sulfide) groups is 1. The average molecular weight is 452 g/mol. The molecule has 0 saturated carbocycles. The van der Waals surface area contributed by atoms with E-state index in [0.29, 0.717) is 31.0 Å². The first-order valence-electron chi connectivity index (χ1n) is 7.90. The molecule has 8 nitrogen and oxygen atoms in total. The number of carbonyl (C=O) groups is 1. The summed E-state index contributed by atoms with van der Waals surface area (Å²) in [5.74, 6) is 0.427. The van der Waals surface area contributed by atoms with Crippen molar-refractivity contribution in [1.29, 1.82) is 0 Å². The summed E-state index contributed by atoms with van der Waals surface area (Å²) in [4.78, 5) is 20.6. The second kappa shape index (κ2) is 8.00. The maximum absolute atomic E-state index is 12.4. The van der Waals surface area contributed by atoms with Crippen LogP contribution in [0, 0.1) is 6.92 Å². The summed E-state index contributed by atoms with van der Waals surface area (Å²) in [5, 5.41) is 16.4. The van der Waals surface area contributed by atoms with Gasteiger partial charge < -0.3 is 0 Å². The Bertz CT molecular complexity index is 1160. The number of benzene rings is 1. The number of amides is 1. The van der Waals surface area contributed by atoms with Crippen LogP contribution in [0.5, 0.6) is 0 Å². The molecule has 1 aromatic carbocycles. The molecule has 0 aliphatic rings. The summed E-state index contributed by atoms with van der Waals surface area (Å²) in [6.07, 6.45) is 1.61. The molecule has 0 spiro atoms. The summed E-state index contributed by atoms with van der Waals surface area (Å²) in [6, 6.07) is 7.14. The molecule has 4 rings (SSSR count). The van der Waals surface area contributed by atoms with Gasteiger partial charge in [-0.15, -0.1) is 15.3 Å². The van der Waals surface area contributed by atoms with Gasteiger partial charge in [0.1, 0.15) is 0 Å². The molecule has 142 valence electrons. The van der Waals surface area contributed by atoms with E-state index in [9.17, 15) is 4.79 Å². The Morgan fingerprint density at radius 1 is 1.25 bits per heavy atom. The number of hydrogen-bond acceptors (Lipinski definition) is 8. The van der Waals surface area contributed by atoms with Crippen LogP contribution in [0.15, 0.2) is 34.8 Å². The largest absolute Gasteiger partial charge is 0.297 e. The van der Waals surface area contributed by atoms with Crippen LogP contribution in [0.25, 0.3) is 5.78 Å². The van der Waals surface area contributed by atoms with Gasteiger partial charge in [0.25, 0.3) is 11.7 Å². The zero-order chi connectivity index (χ0) is 19.7. The SMILES string of the molecule is Cc1ccnc2nc(C(=O)Nc3nnc(SCc4c(Cl)cccc4Cl)s3)nn12. The minimum Gasteiger partial charge on any atom is -0.294 e. The molecule has 12 heteroatoms. The molecule has 0 saturated heterocycles. The number of anilines is 1. The number of nitrogens with one attached hydrogen (secondary N) is 1. The van der Waals surface area contributed by atoms with Gasteiger partial charge in [-0.05, 0) is 30.7 Å². The second-order valence-electron chi connectivity index (χ2n) is 5.55. The van der Waals surface area contributed by atoms with Crippen LogP contribution >= 0.6 is 46.3 Å². The highest BCUT2D eigenvalue weighted by Gasteiger charge is 2.17. The van der Waals surface area contributed by atoms with Gasteiger partial charge in [-0.25, -0.2) is 9.50 Å². The minimum absolute atomic E-state index is 0.00838. The third-order valence-corrected chi connectivity index (χ3v) is 6.37. The third kappa shape index (κ3) is 3.95. The Hall–Kier alpha value is -2.27. The van der Waals surface area contributed by atoms with Gasteiger partial charge in [0.15, 0.2) is 4.34 Å². The Morgan fingerprint density at radius 2 is 2.04 bits per heavy atom. The van der Waals surface area contributed by atoms with Crippen LogP contribution in [-0.4, -0.2) is 35.7 Å². The molecular weight excluding hydrogens is 441 g/mol. The summed E-state index contributed by atoms with van der Waals surface area (Å²) < 4.78 is 2.18. The fourth-order valence-corrected chi connectivity index (χ4v) is 4.77. The van der Waals surface area contributed by atoms with E-state index in [1.54, 1.807) is 30.5 Å². The lowest BCUT2D eigenvalue weighted by Crippen LogP contribution is -2.13. The second-order valence-corrected chi connectivity index (χ2v) is 8.56. The molecule has 1 amide bonds. The van der Waals surface area contributed by atoms with Gasteiger partial charge in [-0.1, -0.05) is 52.4 Å². The van der Waals surface area contributed by atoms with Crippen molar-refractivity contribution in [3.05, 3.63) is 57.6 Å². The van der Waals surface area contributed by atoms with Crippen molar-refractivity contribution in [3.8, 4) is 0 Å². The number of nitrogens with zero attached hydrogens (tertiary/aromatic N) is 6. The highest BCUT2D eigenvalue weighted by atomic mass is 35.5. The van der Waals surface area contributed by atoms with Crippen molar-refractivity contribution < 1.29 is 4.79 Å². The molecular formula is C16H11Cl2N7OS2. The van der Waals surface area contributed by atoms with Crippen LogP contribution in [0.4, 0.5) is 5.13 Å². The summed E-state index contributed by atoms with van der Waals surface area (Å²) in [7, 11) is 0. The van der Waals surface area contributed by atoms with Gasteiger partial charge in [0.2, 0.25) is 11.0 Å². The molecule has 28 heavy (non-hydrogen) atoms. The number of halogens is 2. The van der Waals surface area contributed by atoms with Gasteiger partial charge in [-0.3, -0.25) is 10.1 Å². The number of rotatable bonds is 5. The van der Waals surface area contributed by atoms with Crippen molar-refractivity contribution >= 4 is 63.1 Å². The Morgan fingerprint density at radius 3 is 2.79 bits per heavy atom. The predicted octanol–water partition coefficient (Wildman–Crippen LogP) is 4.14. The van der Waals surface area contributed by atoms with Crippen LogP contribution in [0.2, 0.25) is 10.0 Å². The Kier molecular flexibility index (Phi) is 5.44. The summed E-state index contributed by atoms with van der Waals surface area (Å²) >= 11 is 15.0. The van der Waals surface area contributed by atoms with Crippen molar-refractivity contribution in [2.45, 2.75) is 17.0 Å². The zero-order valence-corrected chi connectivity index (χ0v) is 17.4. The first kappa shape index (κ1) is 19.1. The molecule has 3 aromatic heterocycles. The normalized spacial score (nSPS) is 11.1. The molecule has 0 aliphatic heterocycles. The lowest BCUT2D eigenvalue weighted by Gasteiger charge is -2.04. The van der Waals surface area contributed by atoms with E-state index in [4.69, 9.17) is 23.2 Å². The Balaban J connectivity index is 1.44. The minimum atomic E-state index is -0.480. The molecule has 1 N–H and O–H groups in total. The van der Waals surface area contributed by atoms with E-state index in [1.165, 1.54) is 27.6 Å². The standard InChI is InChI=1S/C16H11Cl2N7OS2/c1-8-5-6-19-14-20-12(24-25(8)14)13(26)21-15-22-23-16(28-15)27-7-9-10(17)3-2-4-11(9)18/h2-6H,7H2,1H3,(H,21,22,26). The fourth-order valence-electron chi connectivity index (χ4n) is 2.28. The van der Waals surface area contributed by atoms with Crippen LogP contribution in [0.1, 0.15) is 21.9 Å². The molecule has 0 radical (unpaired) electrons. The monoisotopic (exact) mass is 451 g/mol. The summed E-state index contributed by atoms with van der Waals surface area (Å²) in [5.41, 5.74) is 1.65. The molecule has 0 aliphatic carbocycles. The lowest BCUT2D eigenvalue weighted by molar-refractivity contribution is 0.101. The molecule has 3 heterocycles.